The minimum Gasteiger partial charge on any atom is -0.458 e. The second kappa shape index (κ2) is 11.3. The summed E-state index contributed by atoms with van der Waals surface area (Å²) in [6, 6.07) is 36.7. The van der Waals surface area contributed by atoms with E-state index in [9.17, 15) is 0 Å². The van der Waals surface area contributed by atoms with E-state index in [-0.39, 0.29) is 6.71 Å². The quantitative estimate of drug-likeness (QED) is 0.179. The molecule has 0 radical (unpaired) electrons. The van der Waals surface area contributed by atoms with Crippen LogP contribution in [-0.2, 0) is 0 Å². The van der Waals surface area contributed by atoms with Crippen molar-refractivity contribution < 1.29 is 4.74 Å². The highest BCUT2D eigenvalue weighted by atomic mass is 28.3. The Kier molecular flexibility index (Phi) is 7.55. The van der Waals surface area contributed by atoms with Gasteiger partial charge in [0, 0.05) is 23.1 Å². The van der Waals surface area contributed by atoms with Gasteiger partial charge in [0.15, 0.2) is 0 Å². The van der Waals surface area contributed by atoms with Crippen molar-refractivity contribution >= 4 is 58.6 Å². The van der Waals surface area contributed by atoms with Crippen LogP contribution in [0.15, 0.2) is 97.1 Å². The summed E-state index contributed by atoms with van der Waals surface area (Å²) in [6.07, 6.45) is 0. The molecule has 5 aromatic carbocycles. The van der Waals surface area contributed by atoms with E-state index in [0.717, 1.165) is 17.2 Å². The standard InChI is InChI=1S/C42H46BNOSi/c1-26(2)30-23-32(27(3)4)42(33(24-30)28(5)6)43-34-14-10-12-16-38(34)45-39-25-31(19-20-35(39)43)44-36-15-11-13-17-40(36)46(8,9)41-22-29(7)18-21-37(41)44/h10-28H,1-9H3. The molecular formula is C42H46BNOSi. The van der Waals surface area contributed by atoms with Gasteiger partial charge in [0.1, 0.15) is 19.6 Å². The van der Waals surface area contributed by atoms with Crippen LogP contribution in [-0.4, -0.2) is 14.8 Å². The molecule has 0 unspecified atom stereocenters. The number of nitrogens with zero attached hydrogens (tertiary/aromatic N) is 1. The summed E-state index contributed by atoms with van der Waals surface area (Å²) < 4.78 is 6.84. The molecule has 7 rings (SSSR count). The van der Waals surface area contributed by atoms with Crippen LogP contribution in [0.4, 0.5) is 17.1 Å². The number of fused-ring (bicyclic) bond motifs is 4. The maximum Gasteiger partial charge on any atom is 0.251 e. The maximum absolute atomic E-state index is 6.84. The van der Waals surface area contributed by atoms with Crippen LogP contribution >= 0.6 is 0 Å². The molecule has 0 amide bonds. The van der Waals surface area contributed by atoms with Crippen LogP contribution in [0.1, 0.15) is 81.5 Å². The number of para-hydroxylation sites is 2. The number of hydrogen-bond donors (Lipinski definition) is 0. The van der Waals surface area contributed by atoms with Gasteiger partial charge in [-0.3, -0.25) is 0 Å². The first-order valence-corrected chi connectivity index (χ1v) is 20.1. The van der Waals surface area contributed by atoms with Gasteiger partial charge < -0.3 is 9.64 Å². The molecule has 2 aliphatic heterocycles. The predicted molar refractivity (Wildman–Crippen MR) is 202 cm³/mol. The van der Waals surface area contributed by atoms with Gasteiger partial charge in [-0.15, -0.1) is 0 Å². The van der Waals surface area contributed by atoms with Gasteiger partial charge in [-0.1, -0.05) is 132 Å². The Balaban J connectivity index is 1.46. The number of rotatable bonds is 5. The zero-order chi connectivity index (χ0) is 32.5. The molecule has 2 heterocycles. The van der Waals surface area contributed by atoms with Crippen molar-refractivity contribution in [3.63, 3.8) is 0 Å². The summed E-state index contributed by atoms with van der Waals surface area (Å²) in [6.45, 7) is 21.3. The van der Waals surface area contributed by atoms with Gasteiger partial charge >= 0.3 is 0 Å². The van der Waals surface area contributed by atoms with E-state index in [1.807, 2.05) is 0 Å². The molecule has 0 atom stereocenters. The Bertz CT molecular complexity index is 1940. The number of anilines is 3. The van der Waals surface area contributed by atoms with Crippen LogP contribution in [0.3, 0.4) is 0 Å². The lowest BCUT2D eigenvalue weighted by molar-refractivity contribution is 0.487. The largest absolute Gasteiger partial charge is 0.458 e. The maximum atomic E-state index is 6.84. The summed E-state index contributed by atoms with van der Waals surface area (Å²) in [5.74, 6) is 3.19. The fourth-order valence-electron chi connectivity index (χ4n) is 7.84. The van der Waals surface area contributed by atoms with E-state index < -0.39 is 8.07 Å². The van der Waals surface area contributed by atoms with Crippen molar-refractivity contribution in [2.24, 2.45) is 0 Å². The van der Waals surface area contributed by atoms with E-state index in [1.54, 1.807) is 0 Å². The van der Waals surface area contributed by atoms with Crippen LogP contribution in [0.2, 0.25) is 13.1 Å². The third-order valence-electron chi connectivity index (χ3n) is 10.4. The Morgan fingerprint density at radius 3 is 1.93 bits per heavy atom. The average molecular weight is 620 g/mol. The topological polar surface area (TPSA) is 12.5 Å². The molecule has 0 fully saturated rings. The summed E-state index contributed by atoms with van der Waals surface area (Å²) in [5.41, 5.74) is 13.3. The highest BCUT2D eigenvalue weighted by Gasteiger charge is 2.40. The average Bonchev–Trinajstić information content (AvgIpc) is 3.03. The lowest BCUT2D eigenvalue weighted by Gasteiger charge is -2.41. The zero-order valence-electron chi connectivity index (χ0n) is 28.9. The number of hydrogen-bond acceptors (Lipinski definition) is 2. The second-order valence-corrected chi connectivity index (χ2v) is 19.2. The molecule has 0 bridgehead atoms. The van der Waals surface area contributed by atoms with Crippen LogP contribution in [0.5, 0.6) is 11.5 Å². The van der Waals surface area contributed by atoms with Gasteiger partial charge in [0.2, 0.25) is 0 Å². The molecule has 232 valence electrons. The first kappa shape index (κ1) is 30.6. The zero-order valence-corrected chi connectivity index (χ0v) is 29.9. The SMILES string of the molecule is Cc1ccc2c(c1)[Si](C)(C)c1ccccc1N2c1ccc2c(c1)Oc1ccccc1B2c1c(C(C)C)cc(C(C)C)cc1C(C)C. The van der Waals surface area contributed by atoms with Crippen molar-refractivity contribution in [3.8, 4) is 11.5 Å². The van der Waals surface area contributed by atoms with E-state index in [4.69, 9.17) is 4.74 Å². The molecule has 2 aliphatic rings. The van der Waals surface area contributed by atoms with Crippen LogP contribution in [0.25, 0.3) is 0 Å². The molecule has 0 aliphatic carbocycles. The monoisotopic (exact) mass is 619 g/mol. The van der Waals surface area contributed by atoms with Crippen molar-refractivity contribution in [1.29, 1.82) is 0 Å². The lowest BCUT2D eigenvalue weighted by Crippen LogP contribution is -2.58. The van der Waals surface area contributed by atoms with Gasteiger partial charge in [0.25, 0.3) is 6.71 Å². The van der Waals surface area contributed by atoms with E-state index in [1.165, 1.54) is 60.4 Å². The molecular weight excluding hydrogens is 573 g/mol. The van der Waals surface area contributed by atoms with Crippen molar-refractivity contribution in [1.82, 2.24) is 0 Å². The van der Waals surface area contributed by atoms with Crippen LogP contribution < -0.4 is 36.4 Å². The fraction of sp³-hybridized carbons (Fsp3) is 0.286. The Hall–Kier alpha value is -4.02. The van der Waals surface area contributed by atoms with Gasteiger partial charge in [-0.25, -0.2) is 0 Å². The molecule has 4 heteroatoms. The highest BCUT2D eigenvalue weighted by Crippen LogP contribution is 2.40. The Labute approximate surface area is 277 Å². The van der Waals surface area contributed by atoms with Crippen LogP contribution in [0, 0.1) is 6.92 Å². The van der Waals surface area contributed by atoms with E-state index >= 15 is 0 Å². The molecule has 0 N–H and O–H groups in total. The first-order valence-electron chi connectivity index (χ1n) is 17.1. The Morgan fingerprint density at radius 1 is 0.609 bits per heavy atom. The number of benzene rings is 5. The summed E-state index contributed by atoms with van der Waals surface area (Å²) in [4.78, 5) is 2.47. The molecule has 0 spiro atoms. The minimum atomic E-state index is -1.89. The van der Waals surface area contributed by atoms with E-state index in [2.05, 4.69) is 164 Å². The summed E-state index contributed by atoms with van der Waals surface area (Å²) in [5, 5.41) is 2.96. The third kappa shape index (κ3) is 4.84. The summed E-state index contributed by atoms with van der Waals surface area (Å²) in [7, 11) is -1.89. The molecule has 46 heavy (non-hydrogen) atoms. The smallest absolute Gasteiger partial charge is 0.251 e. The normalized spacial score (nSPS) is 14.6. The van der Waals surface area contributed by atoms with Gasteiger partial charge in [0.05, 0.1) is 0 Å². The molecule has 0 saturated carbocycles. The minimum absolute atomic E-state index is 0.0972. The van der Waals surface area contributed by atoms with Gasteiger partial charge in [-0.2, -0.15) is 0 Å². The highest BCUT2D eigenvalue weighted by molar-refractivity contribution is 7.02. The van der Waals surface area contributed by atoms with Crippen molar-refractivity contribution in [2.75, 3.05) is 4.90 Å². The number of ether oxygens (including phenoxy) is 1. The third-order valence-corrected chi connectivity index (χ3v) is 13.9. The molecule has 2 nitrogen and oxygen atoms in total. The summed E-state index contributed by atoms with van der Waals surface area (Å²) >= 11 is 0. The van der Waals surface area contributed by atoms with Crippen molar-refractivity contribution in [2.45, 2.75) is 79.3 Å². The fourth-order valence-corrected chi connectivity index (χ4v) is 10.9. The molecule has 0 aromatic heterocycles. The molecule has 5 aromatic rings. The van der Waals surface area contributed by atoms with Gasteiger partial charge in [-0.05, 0) is 86.9 Å². The molecule has 0 saturated heterocycles. The first-order chi connectivity index (χ1) is 22.0. The Morgan fingerprint density at radius 2 is 1.24 bits per heavy atom. The second-order valence-electron chi connectivity index (χ2n) is 14.9. The van der Waals surface area contributed by atoms with Crippen molar-refractivity contribution in [3.05, 3.63) is 119 Å². The number of aryl methyl sites for hydroxylation is 1. The van der Waals surface area contributed by atoms with E-state index in [0.29, 0.717) is 17.8 Å². The lowest BCUT2D eigenvalue weighted by atomic mass is 9.34. The predicted octanol–water partition coefficient (Wildman–Crippen LogP) is 8.59.